The summed E-state index contributed by atoms with van der Waals surface area (Å²) >= 11 is 0. The van der Waals surface area contributed by atoms with E-state index in [1.54, 1.807) is 6.26 Å². The second-order valence-electron chi connectivity index (χ2n) is 2.33. The summed E-state index contributed by atoms with van der Waals surface area (Å²) in [6.07, 6.45) is 5.56. The first kappa shape index (κ1) is 7.19. The molecule has 0 spiro atoms. The highest BCUT2D eigenvalue weighted by Crippen LogP contribution is 2.10. The van der Waals surface area contributed by atoms with Crippen molar-refractivity contribution in [3.05, 3.63) is 18.6 Å². The van der Waals surface area contributed by atoms with Gasteiger partial charge < -0.3 is 9.32 Å². The molecule has 0 atom stereocenters. The van der Waals surface area contributed by atoms with E-state index in [9.17, 15) is 0 Å². The minimum Gasteiger partial charge on any atom is -0.459 e. The minimum atomic E-state index is 1.03. The Kier molecular flexibility index (Phi) is 2.37. The van der Waals surface area contributed by atoms with Crippen molar-refractivity contribution < 1.29 is 4.42 Å². The van der Waals surface area contributed by atoms with Gasteiger partial charge in [0.2, 0.25) is 0 Å². The van der Waals surface area contributed by atoms with Gasteiger partial charge in [0.1, 0.15) is 0 Å². The molecule has 2 nitrogen and oxygen atoms in total. The molecule has 0 fully saturated rings. The quantitative estimate of drug-likeness (QED) is 0.634. The SMILES string of the molecule is CCCN(C)c1[c]occ1. The molecule has 0 bridgehead atoms. The van der Waals surface area contributed by atoms with Gasteiger partial charge in [0, 0.05) is 19.7 Å². The lowest BCUT2D eigenvalue weighted by Gasteiger charge is -2.13. The molecule has 0 aliphatic carbocycles. The predicted molar refractivity (Wildman–Crippen MR) is 41.1 cm³/mol. The van der Waals surface area contributed by atoms with Crippen molar-refractivity contribution in [3.8, 4) is 0 Å². The van der Waals surface area contributed by atoms with Crippen LogP contribution in [0.25, 0.3) is 0 Å². The highest BCUT2D eigenvalue weighted by atomic mass is 16.3. The summed E-state index contributed by atoms with van der Waals surface area (Å²) in [5, 5.41) is 0. The molecule has 0 aliphatic rings. The lowest BCUT2D eigenvalue weighted by Crippen LogP contribution is -2.16. The summed E-state index contributed by atoms with van der Waals surface area (Å²) in [7, 11) is 2.03. The Hall–Kier alpha value is -0.920. The molecule has 0 aromatic carbocycles. The maximum atomic E-state index is 4.82. The third-order valence-electron chi connectivity index (χ3n) is 1.43. The largest absolute Gasteiger partial charge is 0.459 e. The molecule has 55 valence electrons. The van der Waals surface area contributed by atoms with E-state index in [1.165, 1.54) is 0 Å². The Bertz CT molecular complexity index is 169. The number of rotatable bonds is 3. The van der Waals surface area contributed by atoms with Gasteiger partial charge in [0.25, 0.3) is 0 Å². The Morgan fingerprint density at radius 1 is 1.70 bits per heavy atom. The maximum absolute atomic E-state index is 4.82. The average Bonchev–Trinajstić information content (AvgIpc) is 2.38. The van der Waals surface area contributed by atoms with Crippen LogP contribution >= 0.6 is 0 Å². The third-order valence-corrected chi connectivity index (χ3v) is 1.43. The van der Waals surface area contributed by atoms with Gasteiger partial charge in [0.15, 0.2) is 6.26 Å². The fourth-order valence-corrected chi connectivity index (χ4v) is 0.888. The minimum absolute atomic E-state index is 1.03. The van der Waals surface area contributed by atoms with Gasteiger partial charge in [-0.05, 0) is 6.42 Å². The maximum Gasteiger partial charge on any atom is 0.194 e. The lowest BCUT2D eigenvalue weighted by molar-refractivity contribution is 0.557. The van der Waals surface area contributed by atoms with Gasteiger partial charge >= 0.3 is 0 Å². The van der Waals surface area contributed by atoms with Crippen molar-refractivity contribution in [3.63, 3.8) is 0 Å². The first-order chi connectivity index (χ1) is 4.84. The molecule has 1 aromatic heterocycles. The predicted octanol–water partition coefficient (Wildman–Crippen LogP) is 1.93. The summed E-state index contributed by atoms with van der Waals surface area (Å²) in [5.41, 5.74) is 1.03. The highest BCUT2D eigenvalue weighted by molar-refractivity contribution is 5.40. The van der Waals surface area contributed by atoms with Crippen LogP contribution in [0.15, 0.2) is 16.7 Å². The zero-order chi connectivity index (χ0) is 7.40. The van der Waals surface area contributed by atoms with Crippen molar-refractivity contribution in [1.82, 2.24) is 0 Å². The van der Waals surface area contributed by atoms with E-state index in [1.807, 2.05) is 13.1 Å². The number of hydrogen-bond acceptors (Lipinski definition) is 2. The van der Waals surface area contributed by atoms with Crippen LogP contribution in [-0.2, 0) is 0 Å². The third kappa shape index (κ3) is 1.53. The number of furan rings is 1. The Labute approximate surface area is 61.4 Å². The van der Waals surface area contributed by atoms with Gasteiger partial charge in [-0.25, -0.2) is 0 Å². The van der Waals surface area contributed by atoms with Crippen molar-refractivity contribution in [1.29, 1.82) is 0 Å². The molecule has 0 saturated heterocycles. The zero-order valence-corrected chi connectivity index (χ0v) is 6.42. The Balaban J connectivity index is 2.50. The van der Waals surface area contributed by atoms with Crippen LogP contribution in [0.3, 0.4) is 0 Å². The van der Waals surface area contributed by atoms with Crippen molar-refractivity contribution in [2.75, 3.05) is 18.5 Å². The van der Waals surface area contributed by atoms with E-state index in [4.69, 9.17) is 4.42 Å². The van der Waals surface area contributed by atoms with E-state index in [0.717, 1.165) is 18.7 Å². The van der Waals surface area contributed by atoms with Crippen LogP contribution in [0.2, 0.25) is 0 Å². The molecule has 10 heavy (non-hydrogen) atoms. The molecule has 0 N–H and O–H groups in total. The normalized spacial score (nSPS) is 9.80. The summed E-state index contributed by atoms with van der Waals surface area (Å²) < 4.78 is 4.82. The first-order valence-electron chi connectivity index (χ1n) is 3.51. The smallest absolute Gasteiger partial charge is 0.194 e. The molecule has 0 aliphatic heterocycles. The fraction of sp³-hybridized carbons (Fsp3) is 0.500. The van der Waals surface area contributed by atoms with Crippen LogP contribution in [0, 0.1) is 6.26 Å². The van der Waals surface area contributed by atoms with Gasteiger partial charge in [-0.3, -0.25) is 0 Å². The van der Waals surface area contributed by atoms with Crippen molar-refractivity contribution >= 4 is 5.69 Å². The molecule has 2 heteroatoms. The summed E-state index contributed by atoms with van der Waals surface area (Å²) in [6, 6.07) is 1.91. The van der Waals surface area contributed by atoms with Crippen molar-refractivity contribution in [2.45, 2.75) is 13.3 Å². The zero-order valence-electron chi connectivity index (χ0n) is 6.42. The monoisotopic (exact) mass is 138 g/mol. The molecular weight excluding hydrogens is 126 g/mol. The molecule has 1 heterocycles. The van der Waals surface area contributed by atoms with Gasteiger partial charge in [-0.2, -0.15) is 0 Å². The molecule has 0 amide bonds. The number of hydrogen-bond donors (Lipinski definition) is 0. The standard InChI is InChI=1S/C8H12NO/c1-3-5-9(2)8-4-6-10-7-8/h4,6H,3,5H2,1-2H3. The van der Waals surface area contributed by atoms with Crippen LogP contribution in [-0.4, -0.2) is 13.6 Å². The van der Waals surface area contributed by atoms with Gasteiger partial charge in [-0.1, -0.05) is 6.92 Å². The topological polar surface area (TPSA) is 16.4 Å². The van der Waals surface area contributed by atoms with E-state index in [0.29, 0.717) is 0 Å². The Morgan fingerprint density at radius 2 is 2.50 bits per heavy atom. The highest BCUT2D eigenvalue weighted by Gasteiger charge is 1.99. The molecule has 1 rings (SSSR count). The molecule has 1 aromatic rings. The average molecular weight is 138 g/mol. The van der Waals surface area contributed by atoms with Gasteiger partial charge in [0.05, 0.1) is 12.0 Å². The van der Waals surface area contributed by atoms with Crippen LogP contribution < -0.4 is 4.90 Å². The number of anilines is 1. The number of nitrogens with zero attached hydrogens (tertiary/aromatic N) is 1. The van der Waals surface area contributed by atoms with Crippen molar-refractivity contribution in [2.24, 2.45) is 0 Å². The second-order valence-corrected chi connectivity index (χ2v) is 2.33. The molecule has 1 radical (unpaired) electrons. The summed E-state index contributed by atoms with van der Waals surface area (Å²) in [5.74, 6) is 0. The van der Waals surface area contributed by atoms with E-state index < -0.39 is 0 Å². The van der Waals surface area contributed by atoms with E-state index in [2.05, 4.69) is 18.1 Å². The lowest BCUT2D eigenvalue weighted by atomic mass is 10.4. The summed E-state index contributed by atoms with van der Waals surface area (Å²) in [4.78, 5) is 2.11. The van der Waals surface area contributed by atoms with Crippen LogP contribution in [0.4, 0.5) is 5.69 Å². The van der Waals surface area contributed by atoms with Crippen LogP contribution in [0.1, 0.15) is 13.3 Å². The van der Waals surface area contributed by atoms with Gasteiger partial charge in [-0.15, -0.1) is 0 Å². The van der Waals surface area contributed by atoms with E-state index >= 15 is 0 Å². The molecule has 0 saturated carbocycles. The second kappa shape index (κ2) is 3.30. The molecular formula is C8H12NO. The van der Waals surface area contributed by atoms with E-state index in [-0.39, 0.29) is 0 Å². The Morgan fingerprint density at radius 3 is 3.00 bits per heavy atom. The summed E-state index contributed by atoms with van der Waals surface area (Å²) in [6.45, 7) is 3.20. The van der Waals surface area contributed by atoms with Crippen LogP contribution in [0.5, 0.6) is 0 Å². The molecule has 0 unspecified atom stereocenters. The first-order valence-corrected chi connectivity index (χ1v) is 3.51. The fourth-order valence-electron chi connectivity index (χ4n) is 0.888.